The van der Waals surface area contributed by atoms with Crippen molar-refractivity contribution in [1.29, 1.82) is 0 Å². The van der Waals surface area contributed by atoms with Crippen LogP contribution in [0.1, 0.15) is 5.56 Å². The van der Waals surface area contributed by atoms with Crippen molar-refractivity contribution in [3.05, 3.63) is 163 Å². The molecule has 7 aromatic carbocycles. The molecule has 0 fully saturated rings. The van der Waals surface area contributed by atoms with Crippen LogP contribution in [-0.4, -0.2) is 21.7 Å². The van der Waals surface area contributed by atoms with E-state index in [9.17, 15) is 0 Å². The molecule has 0 saturated carbocycles. The van der Waals surface area contributed by atoms with Gasteiger partial charge in [0.05, 0.1) is 22.1 Å². The van der Waals surface area contributed by atoms with E-state index < -0.39 is 0 Å². The van der Waals surface area contributed by atoms with Gasteiger partial charge >= 0.3 is 0 Å². The number of hydrogen-bond acceptors (Lipinski definition) is 2. The van der Waals surface area contributed by atoms with E-state index in [1.165, 1.54) is 27.1 Å². The lowest BCUT2D eigenvalue weighted by Gasteiger charge is -2.09. The summed E-state index contributed by atoms with van der Waals surface area (Å²) in [5.41, 5.74) is 10.7. The SMILES string of the molecule is C=N/C(=N\Cn1c2ccccc2c2cc(-c3ccc4oc5ccccc5c4c3)ccc21)c1ccc2c3ccccc3n(-c3ccccc3)c2c1. The molecule has 10 aromatic rings. The van der Waals surface area contributed by atoms with Gasteiger partial charge in [0.25, 0.3) is 0 Å². The second kappa shape index (κ2) is 11.2. The third kappa shape index (κ3) is 4.34. The number of amidine groups is 1. The maximum Gasteiger partial charge on any atom is 0.155 e. The molecule has 0 amide bonds. The molecule has 0 unspecified atom stereocenters. The fraction of sp³-hybridized carbons (Fsp3) is 0.0222. The van der Waals surface area contributed by atoms with Gasteiger partial charge in [0, 0.05) is 43.6 Å². The molecule has 0 saturated heterocycles. The van der Waals surface area contributed by atoms with Gasteiger partial charge in [0.15, 0.2) is 5.84 Å². The molecule has 3 heterocycles. The largest absolute Gasteiger partial charge is 0.456 e. The highest BCUT2D eigenvalue weighted by Crippen LogP contribution is 2.37. The first-order chi connectivity index (χ1) is 24.7. The van der Waals surface area contributed by atoms with Crippen LogP contribution in [0.4, 0.5) is 0 Å². The highest BCUT2D eigenvalue weighted by molar-refractivity contribution is 6.13. The quantitative estimate of drug-likeness (QED) is 0.136. The summed E-state index contributed by atoms with van der Waals surface area (Å²) in [6.45, 7) is 4.35. The van der Waals surface area contributed by atoms with Crippen molar-refractivity contribution in [3.63, 3.8) is 0 Å². The van der Waals surface area contributed by atoms with Crippen LogP contribution in [0.2, 0.25) is 0 Å². The zero-order valence-corrected chi connectivity index (χ0v) is 27.1. The van der Waals surface area contributed by atoms with Crippen molar-refractivity contribution < 1.29 is 4.42 Å². The Morgan fingerprint density at radius 2 is 1.12 bits per heavy atom. The molecule has 50 heavy (non-hydrogen) atoms. The topological polar surface area (TPSA) is 47.7 Å². The first kappa shape index (κ1) is 28.3. The van der Waals surface area contributed by atoms with E-state index >= 15 is 0 Å². The lowest BCUT2D eigenvalue weighted by Crippen LogP contribution is -2.02. The van der Waals surface area contributed by atoms with E-state index in [1.54, 1.807) is 0 Å². The molecule has 0 N–H and O–H groups in total. The van der Waals surface area contributed by atoms with Crippen LogP contribution in [0.3, 0.4) is 0 Å². The van der Waals surface area contributed by atoms with Gasteiger partial charge in [-0.3, -0.25) is 0 Å². The molecular weight excluding hydrogens is 613 g/mol. The van der Waals surface area contributed by atoms with Gasteiger partial charge in [-0.1, -0.05) is 97.1 Å². The average Bonchev–Trinajstić information content (AvgIpc) is 3.82. The highest BCUT2D eigenvalue weighted by Gasteiger charge is 2.16. The van der Waals surface area contributed by atoms with Crippen molar-refractivity contribution in [1.82, 2.24) is 9.13 Å². The van der Waals surface area contributed by atoms with Crippen molar-refractivity contribution >= 4 is 78.1 Å². The second-order valence-electron chi connectivity index (χ2n) is 12.7. The maximum atomic E-state index is 6.09. The van der Waals surface area contributed by atoms with Crippen LogP contribution in [0.25, 0.3) is 82.4 Å². The van der Waals surface area contributed by atoms with Crippen LogP contribution in [0, 0.1) is 0 Å². The molecule has 0 aliphatic carbocycles. The number of benzene rings is 7. The number of aliphatic imine (C=N–C) groups is 2. The number of para-hydroxylation sites is 4. The van der Waals surface area contributed by atoms with Crippen molar-refractivity contribution in [2.75, 3.05) is 0 Å². The van der Waals surface area contributed by atoms with Crippen LogP contribution < -0.4 is 0 Å². The summed E-state index contributed by atoms with van der Waals surface area (Å²) in [5, 5.41) is 7.04. The molecule has 3 aromatic heterocycles. The van der Waals surface area contributed by atoms with Gasteiger partial charge in [-0.25, -0.2) is 9.98 Å². The van der Waals surface area contributed by atoms with Gasteiger partial charge in [0.1, 0.15) is 17.8 Å². The molecule has 5 nitrogen and oxygen atoms in total. The number of fused-ring (bicyclic) bond motifs is 9. The minimum atomic E-state index is 0.407. The Hall–Kier alpha value is -6.72. The number of rotatable bonds is 5. The van der Waals surface area contributed by atoms with Crippen molar-refractivity contribution in [2.45, 2.75) is 6.67 Å². The van der Waals surface area contributed by atoms with Crippen molar-refractivity contribution in [3.8, 4) is 16.8 Å². The summed E-state index contributed by atoms with van der Waals surface area (Å²) in [6, 6.07) is 55.4. The summed E-state index contributed by atoms with van der Waals surface area (Å²) in [6.07, 6.45) is 0. The minimum Gasteiger partial charge on any atom is -0.456 e. The third-order valence-electron chi connectivity index (χ3n) is 9.94. The summed E-state index contributed by atoms with van der Waals surface area (Å²) in [5.74, 6) is 0.611. The highest BCUT2D eigenvalue weighted by atomic mass is 16.3. The Morgan fingerprint density at radius 1 is 0.500 bits per heavy atom. The molecule has 5 heteroatoms. The summed E-state index contributed by atoms with van der Waals surface area (Å²) in [4.78, 5) is 9.53. The van der Waals surface area contributed by atoms with E-state index in [0.29, 0.717) is 12.5 Å². The monoisotopic (exact) mass is 642 g/mol. The lowest BCUT2D eigenvalue weighted by atomic mass is 10.0. The zero-order valence-electron chi connectivity index (χ0n) is 27.1. The molecule has 236 valence electrons. The van der Waals surface area contributed by atoms with Gasteiger partial charge in [-0.05, 0) is 78.5 Å². The Labute approximate surface area is 287 Å². The molecule has 0 aliphatic heterocycles. The van der Waals surface area contributed by atoms with E-state index in [1.807, 2.05) is 18.2 Å². The Balaban J connectivity index is 1.07. The smallest absolute Gasteiger partial charge is 0.155 e. The van der Waals surface area contributed by atoms with Crippen LogP contribution in [-0.2, 0) is 6.67 Å². The molecule has 0 atom stereocenters. The normalized spacial score (nSPS) is 12.3. The lowest BCUT2D eigenvalue weighted by molar-refractivity contribution is 0.669. The summed E-state index contributed by atoms with van der Waals surface area (Å²) >= 11 is 0. The third-order valence-corrected chi connectivity index (χ3v) is 9.94. The number of aromatic nitrogens is 2. The minimum absolute atomic E-state index is 0.407. The van der Waals surface area contributed by atoms with E-state index in [-0.39, 0.29) is 0 Å². The molecule has 0 bridgehead atoms. The first-order valence-corrected chi connectivity index (χ1v) is 16.8. The second-order valence-corrected chi connectivity index (χ2v) is 12.7. The first-order valence-electron chi connectivity index (χ1n) is 16.8. The van der Waals surface area contributed by atoms with Gasteiger partial charge in [0.2, 0.25) is 0 Å². The Morgan fingerprint density at radius 3 is 1.94 bits per heavy atom. The van der Waals surface area contributed by atoms with E-state index in [2.05, 4.69) is 160 Å². The molecule has 0 spiro atoms. The zero-order chi connectivity index (χ0) is 33.2. The maximum absolute atomic E-state index is 6.09. The average molecular weight is 643 g/mol. The predicted octanol–water partition coefficient (Wildman–Crippen LogP) is 11.6. The molecule has 0 radical (unpaired) electrons. The van der Waals surface area contributed by atoms with E-state index in [0.717, 1.165) is 60.9 Å². The predicted molar refractivity (Wildman–Crippen MR) is 209 cm³/mol. The summed E-state index contributed by atoms with van der Waals surface area (Å²) < 4.78 is 10.7. The molecule has 0 aliphatic rings. The Bertz CT molecular complexity index is 2980. The van der Waals surface area contributed by atoms with Gasteiger partial charge in [-0.2, -0.15) is 0 Å². The van der Waals surface area contributed by atoms with E-state index in [4.69, 9.17) is 9.41 Å². The number of nitrogens with zero attached hydrogens (tertiary/aromatic N) is 4. The van der Waals surface area contributed by atoms with Gasteiger partial charge < -0.3 is 13.6 Å². The van der Waals surface area contributed by atoms with Crippen LogP contribution >= 0.6 is 0 Å². The molecular formula is C45H30N4O. The van der Waals surface area contributed by atoms with Crippen LogP contribution in [0.5, 0.6) is 0 Å². The fourth-order valence-corrected chi connectivity index (χ4v) is 7.63. The number of furan rings is 1. The summed E-state index contributed by atoms with van der Waals surface area (Å²) in [7, 11) is 0. The standard InChI is InChI=1S/C45H30N4O/c1-46-45(31-19-22-35-33-13-6-9-17-41(33)49(42(35)27-31)32-11-3-2-4-12-32)47-28-48-39-16-8-5-14-34(39)37-25-29(20-23-40(37)48)30-21-24-44-38(26-30)36-15-7-10-18-43(36)50-44/h2-27H,1,28H2/b47-45-. The number of hydrogen-bond donors (Lipinski definition) is 0. The van der Waals surface area contributed by atoms with Crippen molar-refractivity contribution in [2.24, 2.45) is 9.98 Å². The van der Waals surface area contributed by atoms with Gasteiger partial charge in [-0.15, -0.1) is 0 Å². The molecule has 10 rings (SSSR count). The Kier molecular flexibility index (Phi) is 6.33. The fourth-order valence-electron chi connectivity index (χ4n) is 7.63. The van der Waals surface area contributed by atoms with Crippen LogP contribution in [0.15, 0.2) is 172 Å².